The van der Waals surface area contributed by atoms with E-state index in [9.17, 15) is 9.59 Å². The number of nitrogens with two attached hydrogens (primary N) is 1. The second kappa shape index (κ2) is 9.10. The lowest BCUT2D eigenvalue weighted by atomic mass is 10.0. The molecule has 0 spiro atoms. The van der Waals surface area contributed by atoms with Gasteiger partial charge >= 0.3 is 5.97 Å². The van der Waals surface area contributed by atoms with E-state index in [1.165, 1.54) is 0 Å². The summed E-state index contributed by atoms with van der Waals surface area (Å²) in [5.41, 5.74) is 6.71. The first-order chi connectivity index (χ1) is 10.1. The Morgan fingerprint density at radius 1 is 1.38 bits per heavy atom. The Balaban J connectivity index is 2.39. The fourth-order valence-corrected chi connectivity index (χ4v) is 1.98. The van der Waals surface area contributed by atoms with Crippen LogP contribution in [0.2, 0.25) is 0 Å². The van der Waals surface area contributed by atoms with Gasteiger partial charge in [0.1, 0.15) is 0 Å². The maximum atomic E-state index is 11.8. The molecule has 1 aromatic rings. The Hall–Kier alpha value is -1.92. The van der Waals surface area contributed by atoms with Crippen LogP contribution in [0.1, 0.15) is 28.8 Å². The van der Waals surface area contributed by atoms with Gasteiger partial charge < -0.3 is 20.9 Å². The molecule has 0 aliphatic rings. The van der Waals surface area contributed by atoms with Crippen LogP contribution in [0, 0.1) is 0 Å². The van der Waals surface area contributed by atoms with E-state index < -0.39 is 12.0 Å². The van der Waals surface area contributed by atoms with E-state index in [0.29, 0.717) is 31.6 Å². The molecule has 1 aromatic carbocycles. The topological polar surface area (TPSA) is 102 Å². The van der Waals surface area contributed by atoms with Crippen molar-refractivity contribution in [3.63, 3.8) is 0 Å². The Morgan fingerprint density at radius 3 is 2.76 bits per heavy atom. The summed E-state index contributed by atoms with van der Waals surface area (Å²) >= 11 is 0. The van der Waals surface area contributed by atoms with Crippen molar-refractivity contribution in [3.05, 3.63) is 35.4 Å². The molecule has 116 valence electrons. The number of nitrogens with one attached hydrogen (secondary N) is 1. The van der Waals surface area contributed by atoms with Gasteiger partial charge in [0, 0.05) is 20.3 Å². The lowest BCUT2D eigenvalue weighted by Crippen LogP contribution is -2.41. The van der Waals surface area contributed by atoms with Gasteiger partial charge in [-0.15, -0.1) is 0 Å². The molecule has 1 rings (SSSR count). The van der Waals surface area contributed by atoms with Crippen LogP contribution in [0.15, 0.2) is 24.3 Å². The van der Waals surface area contributed by atoms with Crippen molar-refractivity contribution in [2.75, 3.05) is 20.3 Å². The Bertz CT molecular complexity index is 476. The van der Waals surface area contributed by atoms with Crippen LogP contribution in [0.3, 0.4) is 0 Å². The average molecular weight is 294 g/mol. The molecule has 4 N–H and O–H groups in total. The number of benzene rings is 1. The zero-order valence-electron chi connectivity index (χ0n) is 12.2. The second-order valence-electron chi connectivity index (χ2n) is 4.74. The zero-order valence-corrected chi connectivity index (χ0v) is 12.2. The number of amides is 1. The van der Waals surface area contributed by atoms with Crippen LogP contribution >= 0.6 is 0 Å². The molecule has 0 aliphatic heterocycles. The Labute approximate surface area is 124 Å². The minimum absolute atomic E-state index is 0.223. The van der Waals surface area contributed by atoms with E-state index in [2.05, 4.69) is 5.32 Å². The summed E-state index contributed by atoms with van der Waals surface area (Å²) in [4.78, 5) is 22.8. The molecule has 0 bridgehead atoms. The van der Waals surface area contributed by atoms with E-state index in [1.807, 2.05) is 0 Å². The van der Waals surface area contributed by atoms with Crippen molar-refractivity contribution in [1.29, 1.82) is 0 Å². The maximum Gasteiger partial charge on any atom is 0.335 e. The zero-order chi connectivity index (χ0) is 15.7. The molecule has 6 heteroatoms. The predicted molar refractivity (Wildman–Crippen MR) is 79.2 cm³/mol. The normalized spacial score (nSPS) is 11.9. The van der Waals surface area contributed by atoms with E-state index in [0.717, 1.165) is 6.42 Å². The van der Waals surface area contributed by atoms with Gasteiger partial charge in [0.05, 0.1) is 11.6 Å². The third-order valence-electron chi connectivity index (χ3n) is 3.14. The number of hydrogen-bond acceptors (Lipinski definition) is 4. The fourth-order valence-electron chi connectivity index (χ4n) is 1.98. The lowest BCUT2D eigenvalue weighted by Gasteiger charge is -2.12. The van der Waals surface area contributed by atoms with Crippen LogP contribution in [0.5, 0.6) is 0 Å². The summed E-state index contributed by atoms with van der Waals surface area (Å²) in [7, 11) is 1.60. The molecule has 0 aromatic heterocycles. The summed E-state index contributed by atoms with van der Waals surface area (Å²) in [5, 5.41) is 11.8. The van der Waals surface area contributed by atoms with E-state index in [1.54, 1.807) is 31.4 Å². The van der Waals surface area contributed by atoms with E-state index in [4.69, 9.17) is 15.6 Å². The van der Waals surface area contributed by atoms with Crippen molar-refractivity contribution >= 4 is 11.9 Å². The number of methoxy groups -OCH3 is 1. The van der Waals surface area contributed by atoms with Crippen LogP contribution in [-0.4, -0.2) is 43.3 Å². The average Bonchev–Trinajstić information content (AvgIpc) is 2.47. The minimum Gasteiger partial charge on any atom is -0.478 e. The minimum atomic E-state index is -0.965. The highest BCUT2D eigenvalue weighted by Gasteiger charge is 2.13. The second-order valence-corrected chi connectivity index (χ2v) is 4.74. The molecule has 0 fully saturated rings. The van der Waals surface area contributed by atoms with Crippen molar-refractivity contribution in [1.82, 2.24) is 5.32 Å². The molecular weight excluding hydrogens is 272 g/mol. The van der Waals surface area contributed by atoms with Crippen molar-refractivity contribution in [2.24, 2.45) is 5.73 Å². The summed E-state index contributed by atoms with van der Waals surface area (Å²) in [6.45, 7) is 0.939. The number of hydrogen-bond donors (Lipinski definition) is 3. The van der Waals surface area contributed by atoms with Gasteiger partial charge in [-0.25, -0.2) is 4.79 Å². The largest absolute Gasteiger partial charge is 0.478 e. The number of carbonyl (C=O) groups is 2. The predicted octanol–water partition coefficient (Wildman–Crippen LogP) is 0.797. The SMILES string of the molecule is COCCCC(N)C(=O)NCCc1ccccc1C(=O)O. The van der Waals surface area contributed by atoms with Gasteiger partial charge in [0.2, 0.25) is 5.91 Å². The number of aromatic carboxylic acids is 1. The molecule has 6 nitrogen and oxygen atoms in total. The van der Waals surface area contributed by atoms with Gasteiger partial charge in [0.15, 0.2) is 0 Å². The highest BCUT2D eigenvalue weighted by atomic mass is 16.5. The first-order valence-electron chi connectivity index (χ1n) is 6.89. The number of carbonyl (C=O) groups excluding carboxylic acids is 1. The summed E-state index contributed by atoms with van der Waals surface area (Å²) in [5.74, 6) is -1.19. The lowest BCUT2D eigenvalue weighted by molar-refractivity contribution is -0.122. The quantitative estimate of drug-likeness (QED) is 0.585. The van der Waals surface area contributed by atoms with E-state index >= 15 is 0 Å². The number of rotatable bonds is 9. The standard InChI is InChI=1S/C15H22N2O4/c1-21-10-4-7-13(16)14(18)17-9-8-11-5-2-3-6-12(11)15(19)20/h2-3,5-6,13H,4,7-10,16H2,1H3,(H,17,18)(H,19,20). The number of carboxylic acid groups (broad SMARTS) is 1. The van der Waals surface area contributed by atoms with Crippen molar-refractivity contribution < 1.29 is 19.4 Å². The summed E-state index contributed by atoms with van der Waals surface area (Å²) in [6.07, 6.45) is 1.75. The molecule has 0 saturated carbocycles. The first kappa shape index (κ1) is 17.1. The molecule has 0 aliphatic carbocycles. The molecule has 21 heavy (non-hydrogen) atoms. The molecule has 0 radical (unpaired) electrons. The van der Waals surface area contributed by atoms with Gasteiger partial charge in [-0.1, -0.05) is 18.2 Å². The van der Waals surface area contributed by atoms with Gasteiger partial charge in [-0.2, -0.15) is 0 Å². The molecule has 0 heterocycles. The van der Waals surface area contributed by atoms with Crippen molar-refractivity contribution in [2.45, 2.75) is 25.3 Å². The van der Waals surface area contributed by atoms with Gasteiger partial charge in [0.25, 0.3) is 0 Å². The third kappa shape index (κ3) is 5.93. The first-order valence-corrected chi connectivity index (χ1v) is 6.89. The Morgan fingerprint density at radius 2 is 2.10 bits per heavy atom. The monoisotopic (exact) mass is 294 g/mol. The van der Waals surface area contributed by atoms with Crippen LogP contribution in [-0.2, 0) is 16.0 Å². The summed E-state index contributed by atoms with van der Waals surface area (Å²) < 4.78 is 4.90. The summed E-state index contributed by atoms with van der Waals surface area (Å²) in [6, 6.07) is 6.19. The molecule has 1 unspecified atom stereocenters. The molecule has 1 atom stereocenters. The highest BCUT2D eigenvalue weighted by molar-refractivity contribution is 5.89. The smallest absolute Gasteiger partial charge is 0.335 e. The molecular formula is C15H22N2O4. The van der Waals surface area contributed by atoms with Crippen LogP contribution in [0.25, 0.3) is 0 Å². The number of carboxylic acids is 1. The Kier molecular flexibility index (Phi) is 7.42. The van der Waals surface area contributed by atoms with E-state index in [-0.39, 0.29) is 11.5 Å². The van der Waals surface area contributed by atoms with Gasteiger partial charge in [-0.3, -0.25) is 4.79 Å². The maximum absolute atomic E-state index is 11.8. The number of ether oxygens (including phenoxy) is 1. The van der Waals surface area contributed by atoms with Crippen LogP contribution < -0.4 is 11.1 Å². The highest BCUT2D eigenvalue weighted by Crippen LogP contribution is 2.09. The van der Waals surface area contributed by atoms with Crippen molar-refractivity contribution in [3.8, 4) is 0 Å². The third-order valence-corrected chi connectivity index (χ3v) is 3.14. The molecule has 1 amide bonds. The molecule has 0 saturated heterocycles. The van der Waals surface area contributed by atoms with Gasteiger partial charge in [-0.05, 0) is 30.9 Å². The van der Waals surface area contributed by atoms with Crippen LogP contribution in [0.4, 0.5) is 0 Å². The fraction of sp³-hybridized carbons (Fsp3) is 0.467.